The fraction of sp³-hybridized carbons (Fsp3) is 0.745. The van der Waals surface area contributed by atoms with Gasteiger partial charge in [-0.3, -0.25) is 13.8 Å². The largest absolute Gasteiger partial charge is 0.472 e. The van der Waals surface area contributed by atoms with Gasteiger partial charge in [-0.1, -0.05) is 177 Å². The van der Waals surface area contributed by atoms with Crippen LogP contribution in [0.15, 0.2) is 72.9 Å². The van der Waals surface area contributed by atoms with Crippen molar-refractivity contribution in [3.8, 4) is 0 Å². The molecule has 0 radical (unpaired) electrons. The normalized spacial score (nSPS) is 22.3. The summed E-state index contributed by atoms with van der Waals surface area (Å²) in [5.41, 5.74) is 0. The number of rotatable bonds is 41. The third-order valence-corrected chi connectivity index (χ3v) is 12.1. The predicted octanol–water partition coefficient (Wildman–Crippen LogP) is 10.8. The standard InChI is InChI=1S/C51H89O12P/c1-3-5-7-9-11-13-15-17-18-19-20-21-22-23-24-25-26-27-29-31-33-35-37-39-41-60-42-44(43-61-64(58,59)63-51-49(56)47(54)46(53)48(55)50(51)57)62-45(52)40-38-36-34-32-30-28-16-14-12-10-8-6-4-2/h6,8,12,14-15,17,19-20,28,30,34,36,44,46-51,53-57H,3-5,7,9-11,13,16,18,21-27,29,31-33,35,37-43H2,1-2H3,(H,58,59)/b8-6-,14-12-,17-15-,20-19-,30-28-,36-34-. The molecule has 6 N–H and O–H groups in total. The Balaban J connectivity index is 2.34. The summed E-state index contributed by atoms with van der Waals surface area (Å²) in [6.45, 7) is 4.04. The van der Waals surface area contributed by atoms with Crippen molar-refractivity contribution in [1.82, 2.24) is 0 Å². The van der Waals surface area contributed by atoms with Crippen LogP contribution < -0.4 is 0 Å². The molecule has 1 aliphatic rings. The lowest BCUT2D eigenvalue weighted by Gasteiger charge is -2.41. The van der Waals surface area contributed by atoms with E-state index >= 15 is 0 Å². The van der Waals surface area contributed by atoms with Gasteiger partial charge in [0.2, 0.25) is 0 Å². The first-order valence-corrected chi connectivity index (χ1v) is 26.3. The van der Waals surface area contributed by atoms with E-state index in [4.69, 9.17) is 18.5 Å². The molecule has 0 aromatic carbocycles. The number of carbonyl (C=O) groups excluding carboxylic acids is 1. The first kappa shape index (κ1) is 59.8. The summed E-state index contributed by atoms with van der Waals surface area (Å²) in [5, 5.41) is 50.2. The summed E-state index contributed by atoms with van der Waals surface area (Å²) < 4.78 is 34.1. The van der Waals surface area contributed by atoms with Crippen LogP contribution in [0.1, 0.15) is 181 Å². The van der Waals surface area contributed by atoms with Crippen LogP contribution in [0.25, 0.3) is 0 Å². The monoisotopic (exact) mass is 925 g/mol. The molecule has 1 aliphatic carbocycles. The van der Waals surface area contributed by atoms with Crippen LogP contribution in [-0.2, 0) is 27.9 Å². The maximum Gasteiger partial charge on any atom is 0.472 e. The van der Waals surface area contributed by atoms with E-state index in [1.54, 1.807) is 0 Å². The number of hydrogen-bond donors (Lipinski definition) is 6. The summed E-state index contributed by atoms with van der Waals surface area (Å²) in [4.78, 5) is 23.1. The van der Waals surface area contributed by atoms with E-state index in [1.165, 1.54) is 96.3 Å². The number of ether oxygens (including phenoxy) is 2. The minimum Gasteiger partial charge on any atom is -0.457 e. The summed E-state index contributed by atoms with van der Waals surface area (Å²) in [6.07, 6.45) is 41.4. The van der Waals surface area contributed by atoms with Crippen LogP contribution in [-0.4, -0.2) is 98.9 Å². The summed E-state index contributed by atoms with van der Waals surface area (Å²) in [5.74, 6) is -0.558. The quantitative estimate of drug-likeness (QED) is 0.0147. The number of aliphatic hydroxyl groups excluding tert-OH is 5. The zero-order chi connectivity index (χ0) is 46.9. The van der Waals surface area contributed by atoms with Crippen LogP contribution in [0.5, 0.6) is 0 Å². The SMILES string of the molecule is CC/C=C\C/C=C\C/C=C\C/C=C\CCC(=O)OC(COCCCCCCCCCCCCCC/C=C\C/C=C\CCCCCCC)COP(=O)(O)OC1C(O)C(O)C(O)C(O)C1O. The van der Waals surface area contributed by atoms with E-state index < -0.39 is 63.1 Å². The lowest BCUT2D eigenvalue weighted by molar-refractivity contribution is -0.220. The van der Waals surface area contributed by atoms with Crippen LogP contribution in [0.2, 0.25) is 0 Å². The van der Waals surface area contributed by atoms with Gasteiger partial charge in [-0.05, 0) is 70.6 Å². The second-order valence-electron chi connectivity index (χ2n) is 16.9. The maximum atomic E-state index is 12.8. The fourth-order valence-electron chi connectivity index (χ4n) is 7.16. The Morgan fingerprint density at radius 2 is 0.922 bits per heavy atom. The predicted molar refractivity (Wildman–Crippen MR) is 258 cm³/mol. The van der Waals surface area contributed by atoms with Crippen molar-refractivity contribution in [3.05, 3.63) is 72.9 Å². The van der Waals surface area contributed by atoms with Crippen molar-refractivity contribution in [3.63, 3.8) is 0 Å². The van der Waals surface area contributed by atoms with Gasteiger partial charge in [0.05, 0.1) is 13.2 Å². The van der Waals surface area contributed by atoms with Crippen LogP contribution in [0.4, 0.5) is 0 Å². The Bertz CT molecular complexity index is 1330. The van der Waals surface area contributed by atoms with Gasteiger partial charge in [-0.2, -0.15) is 0 Å². The number of aliphatic hydroxyl groups is 5. The highest BCUT2D eigenvalue weighted by molar-refractivity contribution is 7.47. The third-order valence-electron chi connectivity index (χ3n) is 11.1. The molecule has 0 bridgehead atoms. The molecule has 6 atom stereocenters. The van der Waals surface area contributed by atoms with E-state index in [2.05, 4.69) is 74.6 Å². The number of hydrogen-bond acceptors (Lipinski definition) is 11. The molecule has 1 rings (SSSR count). The number of phosphoric ester groups is 1. The Labute approximate surface area is 387 Å². The summed E-state index contributed by atoms with van der Waals surface area (Å²) in [7, 11) is -5.04. The molecule has 370 valence electrons. The number of allylic oxidation sites excluding steroid dienone is 12. The molecule has 0 aliphatic heterocycles. The van der Waals surface area contributed by atoms with E-state index in [1.807, 2.05) is 12.2 Å². The van der Waals surface area contributed by atoms with E-state index in [0.29, 0.717) is 13.0 Å². The molecule has 13 heteroatoms. The average Bonchev–Trinajstić information content (AvgIpc) is 3.28. The minimum atomic E-state index is -5.04. The molecule has 0 saturated heterocycles. The smallest absolute Gasteiger partial charge is 0.457 e. The molecule has 0 spiro atoms. The Morgan fingerprint density at radius 3 is 1.41 bits per heavy atom. The molecule has 0 aromatic heterocycles. The number of carbonyl (C=O) groups is 1. The van der Waals surface area contributed by atoms with Gasteiger partial charge >= 0.3 is 13.8 Å². The molecule has 1 saturated carbocycles. The zero-order valence-electron chi connectivity index (χ0n) is 39.6. The van der Waals surface area contributed by atoms with Gasteiger partial charge < -0.3 is 39.9 Å². The van der Waals surface area contributed by atoms with Crippen LogP contribution in [0, 0.1) is 0 Å². The van der Waals surface area contributed by atoms with Crippen molar-refractivity contribution < 1.29 is 58.3 Å². The molecule has 64 heavy (non-hydrogen) atoms. The molecule has 0 heterocycles. The number of unbranched alkanes of at least 4 members (excludes halogenated alkanes) is 17. The van der Waals surface area contributed by atoms with Gasteiger partial charge in [0, 0.05) is 13.0 Å². The first-order valence-electron chi connectivity index (χ1n) is 24.8. The molecule has 0 amide bonds. The minimum absolute atomic E-state index is 0.0617. The van der Waals surface area contributed by atoms with Gasteiger partial charge in [0.1, 0.15) is 42.7 Å². The van der Waals surface area contributed by atoms with Gasteiger partial charge in [-0.15, -0.1) is 0 Å². The van der Waals surface area contributed by atoms with Crippen molar-refractivity contribution in [2.24, 2.45) is 0 Å². The Morgan fingerprint density at radius 1 is 0.516 bits per heavy atom. The van der Waals surface area contributed by atoms with Crippen molar-refractivity contribution in [2.45, 2.75) is 224 Å². The number of esters is 1. The van der Waals surface area contributed by atoms with Gasteiger partial charge in [0.15, 0.2) is 0 Å². The molecular weight excluding hydrogens is 836 g/mol. The van der Waals surface area contributed by atoms with Gasteiger partial charge in [0.25, 0.3) is 0 Å². The molecule has 1 fully saturated rings. The second kappa shape index (κ2) is 41.0. The first-order chi connectivity index (χ1) is 31.0. The van der Waals surface area contributed by atoms with E-state index in [9.17, 15) is 39.8 Å². The summed E-state index contributed by atoms with van der Waals surface area (Å²) in [6, 6.07) is 0. The van der Waals surface area contributed by atoms with E-state index in [0.717, 1.165) is 57.8 Å². The molecule has 6 unspecified atom stereocenters. The maximum absolute atomic E-state index is 12.8. The Hall–Kier alpha value is -2.22. The highest BCUT2D eigenvalue weighted by Crippen LogP contribution is 2.47. The highest BCUT2D eigenvalue weighted by atomic mass is 31.2. The van der Waals surface area contributed by atoms with Crippen molar-refractivity contribution in [2.75, 3.05) is 19.8 Å². The molecule has 12 nitrogen and oxygen atoms in total. The van der Waals surface area contributed by atoms with E-state index in [-0.39, 0.29) is 13.0 Å². The lowest BCUT2D eigenvalue weighted by Crippen LogP contribution is -2.64. The van der Waals surface area contributed by atoms with Crippen molar-refractivity contribution >= 4 is 13.8 Å². The fourth-order valence-corrected chi connectivity index (χ4v) is 8.14. The Kier molecular flexibility index (Phi) is 38.3. The lowest BCUT2D eigenvalue weighted by atomic mass is 9.85. The highest BCUT2D eigenvalue weighted by Gasteiger charge is 2.51. The third kappa shape index (κ3) is 32.5. The van der Waals surface area contributed by atoms with Gasteiger partial charge in [-0.25, -0.2) is 4.57 Å². The molecular formula is C51H89O12P. The zero-order valence-corrected chi connectivity index (χ0v) is 40.5. The van der Waals surface area contributed by atoms with Crippen LogP contribution >= 0.6 is 7.82 Å². The van der Waals surface area contributed by atoms with Crippen LogP contribution in [0.3, 0.4) is 0 Å². The second-order valence-corrected chi connectivity index (χ2v) is 18.3. The summed E-state index contributed by atoms with van der Waals surface area (Å²) >= 11 is 0. The number of phosphoric acid groups is 1. The topological polar surface area (TPSA) is 192 Å². The molecule has 0 aromatic rings. The van der Waals surface area contributed by atoms with Crippen molar-refractivity contribution in [1.29, 1.82) is 0 Å². The average molecular weight is 925 g/mol.